The number of hydrogen-bond acceptors (Lipinski definition) is 4. The van der Waals surface area contributed by atoms with Crippen LogP contribution in [-0.2, 0) is 14.3 Å². The maximum absolute atomic E-state index is 13.7. The smallest absolute Gasteiger partial charge is 0.426 e. The quantitative estimate of drug-likeness (QED) is 0.225. The van der Waals surface area contributed by atoms with Crippen LogP contribution in [0.3, 0.4) is 0 Å². The summed E-state index contributed by atoms with van der Waals surface area (Å²) in [7, 11) is 0. The molecule has 6 bridgehead atoms. The molecule has 10 heteroatoms. The van der Waals surface area contributed by atoms with Crippen LogP contribution in [0.5, 0.6) is 0 Å². The number of rotatable bonds is 9. The summed E-state index contributed by atoms with van der Waals surface area (Å²) < 4.78 is 92.6. The fourth-order valence-electron chi connectivity index (χ4n) is 9.53. The fourth-order valence-corrected chi connectivity index (χ4v) is 9.53. The van der Waals surface area contributed by atoms with Gasteiger partial charge in [0.15, 0.2) is 0 Å². The van der Waals surface area contributed by atoms with Crippen molar-refractivity contribution in [1.82, 2.24) is 0 Å². The Labute approximate surface area is 232 Å². The molecule has 0 aromatic carbocycles. The number of alkyl halides is 6. The lowest BCUT2D eigenvalue weighted by Crippen LogP contribution is -2.58. The van der Waals surface area contributed by atoms with E-state index >= 15 is 0 Å². The molecule has 0 aromatic rings. The second-order valence-corrected chi connectivity index (χ2v) is 14.9. The highest BCUT2D eigenvalue weighted by molar-refractivity contribution is 5.77. The first-order chi connectivity index (χ1) is 18.3. The summed E-state index contributed by atoms with van der Waals surface area (Å²) in [5.74, 6) is 0.183. The Hall–Kier alpha value is -1.03. The molecule has 6 saturated carbocycles. The first kappa shape index (κ1) is 30.4. The van der Waals surface area contributed by atoms with E-state index in [1.54, 1.807) is 6.92 Å². The Morgan fingerprint density at radius 2 is 1.35 bits per heavy atom. The molecular formula is C30H44F6O4. The third-order valence-corrected chi connectivity index (χ3v) is 11.9. The van der Waals surface area contributed by atoms with E-state index in [-0.39, 0.29) is 30.3 Å². The van der Waals surface area contributed by atoms with Gasteiger partial charge in [0.05, 0.1) is 18.1 Å². The van der Waals surface area contributed by atoms with Crippen molar-refractivity contribution >= 4 is 5.97 Å². The Balaban J connectivity index is 1.23. The third-order valence-electron chi connectivity index (χ3n) is 11.9. The maximum atomic E-state index is 13.7. The van der Waals surface area contributed by atoms with E-state index in [0.29, 0.717) is 37.0 Å². The van der Waals surface area contributed by atoms with E-state index < -0.39 is 53.3 Å². The Morgan fingerprint density at radius 1 is 0.825 bits per heavy atom. The Bertz CT molecular complexity index is 925. The highest BCUT2D eigenvalue weighted by Crippen LogP contribution is 2.64. The minimum atomic E-state index is -5.82. The molecule has 6 aliphatic rings. The zero-order chi connectivity index (χ0) is 29.5. The topological polar surface area (TPSA) is 55.8 Å². The van der Waals surface area contributed by atoms with Crippen LogP contribution in [0.1, 0.15) is 98.3 Å². The predicted molar refractivity (Wildman–Crippen MR) is 135 cm³/mol. The number of hydrogen-bond donors (Lipinski definition) is 1. The van der Waals surface area contributed by atoms with Crippen LogP contribution >= 0.6 is 0 Å². The zero-order valence-electron chi connectivity index (χ0n) is 24.0. The number of halogens is 6. The fraction of sp³-hybridized carbons (Fsp3) is 0.967. The van der Waals surface area contributed by atoms with Gasteiger partial charge >= 0.3 is 18.3 Å². The van der Waals surface area contributed by atoms with Gasteiger partial charge < -0.3 is 14.6 Å². The Kier molecular flexibility index (Phi) is 7.41. The summed E-state index contributed by atoms with van der Waals surface area (Å²) in [5.41, 5.74) is -6.41. The predicted octanol–water partition coefficient (Wildman–Crippen LogP) is 7.62. The van der Waals surface area contributed by atoms with Crippen LogP contribution in [0.4, 0.5) is 26.3 Å². The lowest BCUT2D eigenvalue weighted by Gasteiger charge is -2.61. The zero-order valence-corrected chi connectivity index (χ0v) is 24.0. The van der Waals surface area contributed by atoms with Gasteiger partial charge in [-0.15, -0.1) is 0 Å². The molecule has 0 heterocycles. The van der Waals surface area contributed by atoms with Crippen molar-refractivity contribution in [3.05, 3.63) is 0 Å². The van der Waals surface area contributed by atoms with Crippen LogP contribution in [0, 0.1) is 46.3 Å². The average molecular weight is 583 g/mol. The first-order valence-corrected chi connectivity index (χ1v) is 15.0. The van der Waals surface area contributed by atoms with Crippen LogP contribution in [-0.4, -0.2) is 47.3 Å². The second kappa shape index (κ2) is 9.75. The first-order valence-electron chi connectivity index (χ1n) is 15.0. The van der Waals surface area contributed by atoms with Gasteiger partial charge in [0, 0.05) is 5.41 Å². The summed E-state index contributed by atoms with van der Waals surface area (Å²) in [4.78, 5) is 13.7. The molecule has 5 unspecified atom stereocenters. The highest BCUT2D eigenvalue weighted by atomic mass is 19.4. The number of ether oxygens (including phenoxy) is 2. The minimum absolute atomic E-state index is 0.0112. The molecule has 0 spiro atoms. The molecule has 6 aliphatic carbocycles. The summed E-state index contributed by atoms with van der Waals surface area (Å²) in [6, 6.07) is 0. The lowest BCUT2D eigenvalue weighted by molar-refractivity contribution is -0.373. The molecule has 230 valence electrons. The third kappa shape index (κ3) is 4.98. The van der Waals surface area contributed by atoms with Gasteiger partial charge in [-0.25, -0.2) is 0 Å². The van der Waals surface area contributed by atoms with Crippen LogP contribution < -0.4 is 0 Å². The normalized spacial score (nSPS) is 39.0. The van der Waals surface area contributed by atoms with Crippen molar-refractivity contribution in [2.45, 2.75) is 128 Å². The van der Waals surface area contributed by atoms with Gasteiger partial charge in [0.1, 0.15) is 5.60 Å². The number of aliphatic hydroxyl groups is 1. The van der Waals surface area contributed by atoms with Gasteiger partial charge in [0.2, 0.25) is 0 Å². The van der Waals surface area contributed by atoms with Gasteiger partial charge in [0.25, 0.3) is 5.60 Å². The van der Waals surface area contributed by atoms with Gasteiger partial charge in [-0.1, -0.05) is 6.92 Å². The van der Waals surface area contributed by atoms with Crippen molar-refractivity contribution in [1.29, 1.82) is 0 Å². The molecule has 6 fully saturated rings. The number of carbonyl (C=O) groups excluding carboxylic acids is 1. The molecule has 1 N–H and O–H groups in total. The van der Waals surface area contributed by atoms with Gasteiger partial charge in [-0.3, -0.25) is 4.79 Å². The minimum Gasteiger partial charge on any atom is -0.459 e. The van der Waals surface area contributed by atoms with Crippen molar-refractivity contribution in [2.75, 3.05) is 6.61 Å². The number of fused-ring (bicyclic) bond motifs is 2. The van der Waals surface area contributed by atoms with Crippen molar-refractivity contribution in [3.8, 4) is 0 Å². The Morgan fingerprint density at radius 3 is 1.80 bits per heavy atom. The van der Waals surface area contributed by atoms with Gasteiger partial charge in [-0.05, 0) is 127 Å². The molecule has 0 radical (unpaired) electrons. The largest absolute Gasteiger partial charge is 0.459 e. The van der Waals surface area contributed by atoms with Crippen LogP contribution in [0.2, 0.25) is 0 Å². The van der Waals surface area contributed by atoms with Crippen molar-refractivity contribution < 1.29 is 45.7 Å². The van der Waals surface area contributed by atoms with Gasteiger partial charge in [-0.2, -0.15) is 26.3 Å². The van der Waals surface area contributed by atoms with E-state index in [9.17, 15) is 36.2 Å². The summed E-state index contributed by atoms with van der Waals surface area (Å²) in [5, 5.41) is 9.77. The van der Waals surface area contributed by atoms with E-state index in [4.69, 9.17) is 9.47 Å². The summed E-state index contributed by atoms with van der Waals surface area (Å²) in [6.07, 6.45) is -4.94. The molecular weight excluding hydrogens is 538 g/mol. The number of esters is 1. The summed E-state index contributed by atoms with van der Waals surface area (Å²) >= 11 is 0. The molecule has 4 nitrogen and oxygen atoms in total. The SMILES string of the molecule is CCC(C)(COC1CC2CC(CC(O)(C(F)(F)F)C(F)(F)F)C1C2)C(=O)OC(C)(C)C12CC3CC(CC(C3)C1)C2. The monoisotopic (exact) mass is 582 g/mol. The average Bonchev–Trinajstić information content (AvgIpc) is 3.40. The summed E-state index contributed by atoms with van der Waals surface area (Å²) in [6.45, 7) is 7.67. The second-order valence-electron chi connectivity index (χ2n) is 14.9. The lowest BCUT2D eigenvalue weighted by atomic mass is 9.46. The molecule has 0 amide bonds. The van der Waals surface area contributed by atoms with Crippen molar-refractivity contribution in [2.24, 2.45) is 46.3 Å². The molecule has 0 aliphatic heterocycles. The molecule has 5 atom stereocenters. The van der Waals surface area contributed by atoms with E-state index in [1.165, 1.54) is 19.3 Å². The van der Waals surface area contributed by atoms with Crippen molar-refractivity contribution in [3.63, 3.8) is 0 Å². The van der Waals surface area contributed by atoms with Crippen LogP contribution in [0.15, 0.2) is 0 Å². The highest BCUT2D eigenvalue weighted by Gasteiger charge is 2.71. The van der Waals surface area contributed by atoms with E-state index in [2.05, 4.69) is 0 Å². The number of carbonyl (C=O) groups is 1. The molecule has 6 rings (SSSR count). The van der Waals surface area contributed by atoms with E-state index in [1.807, 2.05) is 20.8 Å². The van der Waals surface area contributed by atoms with E-state index in [0.717, 1.165) is 19.3 Å². The molecule has 0 saturated heterocycles. The molecule has 0 aromatic heterocycles. The maximum Gasteiger partial charge on any atom is 0.426 e. The van der Waals surface area contributed by atoms with Crippen LogP contribution in [0.25, 0.3) is 0 Å². The molecule has 40 heavy (non-hydrogen) atoms. The standard InChI is InChI=1S/C30H44F6O4/c1-5-26(4,24(37)40-25(2,3)27-12-18-6-19(13-27)8-20(7-18)14-27)16-39-23-11-17-9-21(22(23)10-17)15-28(38,29(31,32)33)30(34,35)36/h17-23,38H,5-16H2,1-4H3.